The van der Waals surface area contributed by atoms with Gasteiger partial charge in [0.15, 0.2) is 0 Å². The molecule has 3 fully saturated rings. The fraction of sp³-hybridized carbons (Fsp3) is 1.00. The molecular formula is C18H34N2. The zero-order valence-corrected chi connectivity index (χ0v) is 13.9. The van der Waals surface area contributed by atoms with Crippen LogP contribution in [0.15, 0.2) is 0 Å². The van der Waals surface area contributed by atoms with Crippen LogP contribution in [0.25, 0.3) is 0 Å². The second-order valence-electron chi connectivity index (χ2n) is 8.37. The number of nitrogens with one attached hydrogen (secondary N) is 1. The predicted octanol–water partition coefficient (Wildman–Crippen LogP) is 3.95. The van der Waals surface area contributed by atoms with Gasteiger partial charge >= 0.3 is 0 Å². The lowest BCUT2D eigenvalue weighted by atomic mass is 9.76. The molecule has 2 aliphatic carbocycles. The summed E-state index contributed by atoms with van der Waals surface area (Å²) in [6, 6.07) is 0.741. The summed E-state index contributed by atoms with van der Waals surface area (Å²) >= 11 is 0. The Morgan fingerprint density at radius 2 is 1.55 bits per heavy atom. The summed E-state index contributed by atoms with van der Waals surface area (Å²) in [6.45, 7) is 9.91. The molecule has 20 heavy (non-hydrogen) atoms. The second kappa shape index (κ2) is 5.61. The highest BCUT2D eigenvalue weighted by atomic mass is 15.3. The largest absolute Gasteiger partial charge is 0.308 e. The quantitative estimate of drug-likeness (QED) is 0.822. The van der Waals surface area contributed by atoms with Gasteiger partial charge in [0, 0.05) is 30.2 Å². The molecule has 3 rings (SSSR count). The molecule has 0 radical (unpaired) electrons. The first-order valence-corrected chi connectivity index (χ1v) is 9.07. The predicted molar refractivity (Wildman–Crippen MR) is 86.0 cm³/mol. The highest BCUT2D eigenvalue weighted by molar-refractivity contribution is 5.06. The maximum atomic E-state index is 3.99. The lowest BCUT2D eigenvalue weighted by Gasteiger charge is -2.56. The Labute approximate surface area is 125 Å². The van der Waals surface area contributed by atoms with Gasteiger partial charge in [-0.2, -0.15) is 0 Å². The van der Waals surface area contributed by atoms with E-state index in [1.165, 1.54) is 70.9 Å². The van der Waals surface area contributed by atoms with Crippen molar-refractivity contribution in [3.63, 3.8) is 0 Å². The molecule has 2 heteroatoms. The van der Waals surface area contributed by atoms with Gasteiger partial charge in [-0.1, -0.05) is 46.0 Å². The van der Waals surface area contributed by atoms with Gasteiger partial charge in [-0.15, -0.1) is 0 Å². The van der Waals surface area contributed by atoms with Gasteiger partial charge in [0.2, 0.25) is 0 Å². The van der Waals surface area contributed by atoms with Crippen molar-refractivity contribution in [1.82, 2.24) is 10.2 Å². The SMILES string of the molecule is CC(C)C1CNC2(CCCCC2)CN1C1(C)CCCC1. The molecule has 1 heterocycles. The van der Waals surface area contributed by atoms with Crippen LogP contribution in [0, 0.1) is 5.92 Å². The molecule has 3 aliphatic rings. The number of rotatable bonds is 2. The molecule has 0 aromatic carbocycles. The minimum atomic E-state index is 0.454. The van der Waals surface area contributed by atoms with Crippen molar-refractivity contribution in [2.24, 2.45) is 5.92 Å². The second-order valence-corrected chi connectivity index (χ2v) is 8.37. The highest BCUT2D eigenvalue weighted by Crippen LogP contribution is 2.42. The maximum absolute atomic E-state index is 3.99. The number of hydrogen-bond acceptors (Lipinski definition) is 2. The lowest BCUT2D eigenvalue weighted by molar-refractivity contribution is -0.0332. The van der Waals surface area contributed by atoms with Crippen molar-refractivity contribution in [2.75, 3.05) is 13.1 Å². The van der Waals surface area contributed by atoms with Crippen LogP contribution in [0.4, 0.5) is 0 Å². The molecule has 2 saturated carbocycles. The van der Waals surface area contributed by atoms with E-state index < -0.39 is 0 Å². The van der Waals surface area contributed by atoms with Gasteiger partial charge in [-0.3, -0.25) is 4.90 Å². The topological polar surface area (TPSA) is 15.3 Å². The Morgan fingerprint density at radius 1 is 0.950 bits per heavy atom. The van der Waals surface area contributed by atoms with Gasteiger partial charge in [-0.25, -0.2) is 0 Å². The van der Waals surface area contributed by atoms with Crippen molar-refractivity contribution < 1.29 is 0 Å². The molecule has 1 aliphatic heterocycles. The summed E-state index contributed by atoms with van der Waals surface area (Å²) < 4.78 is 0. The Hall–Kier alpha value is -0.0800. The third kappa shape index (κ3) is 2.66. The summed E-state index contributed by atoms with van der Waals surface area (Å²) in [5.41, 5.74) is 0.941. The van der Waals surface area contributed by atoms with Crippen LogP contribution in [-0.4, -0.2) is 35.1 Å². The average molecular weight is 278 g/mol. The van der Waals surface area contributed by atoms with Crippen molar-refractivity contribution in [3.05, 3.63) is 0 Å². The van der Waals surface area contributed by atoms with E-state index in [1.54, 1.807) is 0 Å². The van der Waals surface area contributed by atoms with E-state index in [9.17, 15) is 0 Å². The molecule has 0 aromatic heterocycles. The monoisotopic (exact) mass is 278 g/mol. The standard InChI is InChI=1S/C18H34N2/c1-15(2)16-13-19-18(11-5-4-6-12-18)14-20(16)17(3)9-7-8-10-17/h15-16,19H,4-14H2,1-3H3. The molecule has 116 valence electrons. The highest BCUT2D eigenvalue weighted by Gasteiger charge is 2.47. The van der Waals surface area contributed by atoms with Crippen LogP contribution in [-0.2, 0) is 0 Å². The summed E-state index contributed by atoms with van der Waals surface area (Å²) in [6.07, 6.45) is 12.9. The Morgan fingerprint density at radius 3 is 2.15 bits per heavy atom. The Kier molecular flexibility index (Phi) is 4.16. The molecule has 1 unspecified atom stereocenters. The molecule has 0 bridgehead atoms. The van der Waals surface area contributed by atoms with E-state index in [0.717, 1.165) is 12.0 Å². The zero-order chi connectivity index (χ0) is 14.2. The van der Waals surface area contributed by atoms with Crippen molar-refractivity contribution in [2.45, 2.75) is 95.7 Å². The van der Waals surface area contributed by atoms with Gasteiger partial charge in [0.1, 0.15) is 0 Å². The normalized spacial score (nSPS) is 33.9. The van der Waals surface area contributed by atoms with E-state index >= 15 is 0 Å². The molecule has 0 aromatic rings. The first-order valence-electron chi connectivity index (χ1n) is 9.07. The molecule has 1 N–H and O–H groups in total. The van der Waals surface area contributed by atoms with Gasteiger partial charge in [0.25, 0.3) is 0 Å². The summed E-state index contributed by atoms with van der Waals surface area (Å²) in [5.74, 6) is 0.765. The zero-order valence-electron chi connectivity index (χ0n) is 13.9. The minimum absolute atomic E-state index is 0.454. The van der Waals surface area contributed by atoms with E-state index in [1.807, 2.05) is 0 Å². The number of piperazine rings is 1. The summed E-state index contributed by atoms with van der Waals surface area (Å²) in [7, 11) is 0. The lowest BCUT2D eigenvalue weighted by Crippen LogP contribution is -2.69. The van der Waals surface area contributed by atoms with E-state index in [-0.39, 0.29) is 0 Å². The van der Waals surface area contributed by atoms with Crippen molar-refractivity contribution in [1.29, 1.82) is 0 Å². The average Bonchev–Trinajstić information content (AvgIpc) is 2.87. The first-order chi connectivity index (χ1) is 9.55. The van der Waals surface area contributed by atoms with Crippen LogP contribution in [0.2, 0.25) is 0 Å². The first kappa shape index (κ1) is 14.8. The van der Waals surface area contributed by atoms with E-state index in [2.05, 4.69) is 31.0 Å². The molecule has 1 saturated heterocycles. The van der Waals surface area contributed by atoms with Crippen molar-refractivity contribution >= 4 is 0 Å². The smallest absolute Gasteiger partial charge is 0.0309 e. The third-order valence-corrected chi connectivity index (χ3v) is 6.51. The van der Waals surface area contributed by atoms with Crippen LogP contribution >= 0.6 is 0 Å². The third-order valence-electron chi connectivity index (χ3n) is 6.51. The Balaban J connectivity index is 1.80. The fourth-order valence-electron chi connectivity index (χ4n) is 5.10. The fourth-order valence-corrected chi connectivity index (χ4v) is 5.10. The number of nitrogens with zero attached hydrogens (tertiary/aromatic N) is 1. The van der Waals surface area contributed by atoms with Crippen LogP contribution in [0.1, 0.15) is 78.6 Å². The molecule has 2 nitrogen and oxygen atoms in total. The van der Waals surface area contributed by atoms with Crippen LogP contribution in [0.5, 0.6) is 0 Å². The van der Waals surface area contributed by atoms with Gasteiger partial charge in [0.05, 0.1) is 0 Å². The maximum Gasteiger partial charge on any atom is 0.0309 e. The Bertz CT molecular complexity index is 324. The summed E-state index contributed by atoms with van der Waals surface area (Å²) in [5, 5.41) is 3.99. The molecule has 0 amide bonds. The summed E-state index contributed by atoms with van der Waals surface area (Å²) in [4.78, 5) is 2.95. The van der Waals surface area contributed by atoms with Crippen LogP contribution in [0.3, 0.4) is 0 Å². The molecule has 1 spiro atoms. The van der Waals surface area contributed by atoms with Gasteiger partial charge < -0.3 is 5.32 Å². The molecule has 1 atom stereocenters. The van der Waals surface area contributed by atoms with Crippen LogP contribution < -0.4 is 5.32 Å². The number of hydrogen-bond donors (Lipinski definition) is 1. The van der Waals surface area contributed by atoms with Gasteiger partial charge in [-0.05, 0) is 38.5 Å². The molecular weight excluding hydrogens is 244 g/mol. The van der Waals surface area contributed by atoms with E-state index in [0.29, 0.717) is 11.1 Å². The van der Waals surface area contributed by atoms with Crippen molar-refractivity contribution in [3.8, 4) is 0 Å². The minimum Gasteiger partial charge on any atom is -0.308 e. The van der Waals surface area contributed by atoms with E-state index in [4.69, 9.17) is 0 Å².